The maximum absolute atomic E-state index is 13.1. The standard InChI is InChI=1S/C85H166O17P2/c1-7-10-12-14-16-18-20-22-24-26-27-28-30-36-40-44-52-58-64-70-84(89)101-80(73-95-82(87)67-61-55-49-42-38-34-32-31-33-37-41-48-54-60-66-78(6)9-3)75-99-103(91,92)97-71-79(86)72-98-104(93,94)100-76-81(74-96-83(88)68-62-56-50-46-45-47-53-59-65-77(4)5)102-85(90)69-63-57-51-43-39-35-29-25-23-21-19-17-15-13-11-8-2/h77-81,86H,7-76H2,1-6H3,(H,91,92)(H,93,94)/t78?,79-,80-,81-/m1/s1. The molecule has 0 aromatic heterocycles. The molecule has 104 heavy (non-hydrogen) atoms. The van der Waals surface area contributed by atoms with Crippen LogP contribution in [0.5, 0.6) is 0 Å². The molecule has 0 aliphatic carbocycles. The minimum Gasteiger partial charge on any atom is -0.462 e. The number of phosphoric acid groups is 2. The van der Waals surface area contributed by atoms with E-state index in [4.69, 9.17) is 37.0 Å². The number of hydrogen-bond donors (Lipinski definition) is 3. The molecule has 0 saturated heterocycles. The normalized spacial score (nSPS) is 14.1. The minimum absolute atomic E-state index is 0.108. The maximum atomic E-state index is 13.1. The molecule has 19 heteroatoms. The zero-order valence-corrected chi connectivity index (χ0v) is 70.1. The fraction of sp³-hybridized carbons (Fsp3) is 0.953. The first kappa shape index (κ1) is 102. The Bertz CT molecular complexity index is 2000. The Labute approximate surface area is 638 Å². The van der Waals surface area contributed by atoms with Gasteiger partial charge in [-0.15, -0.1) is 0 Å². The van der Waals surface area contributed by atoms with E-state index in [0.717, 1.165) is 102 Å². The SMILES string of the molecule is CCCCCCCCCCCCCCCCCCCCCC(=O)O[C@H](COC(=O)CCCCCCCCCCCCCCCCC(C)CC)COP(=O)(O)OC[C@@H](O)COP(=O)(O)OC[C@@H](COC(=O)CCCCCCCCCCC(C)C)OC(=O)CCCCCCCCCCCCCCCCCC. The minimum atomic E-state index is -4.97. The van der Waals surface area contributed by atoms with E-state index in [2.05, 4.69) is 41.5 Å². The molecular weight excluding hydrogens is 1350 g/mol. The highest BCUT2D eigenvalue weighted by atomic mass is 31.2. The lowest BCUT2D eigenvalue weighted by Crippen LogP contribution is -2.30. The Morgan fingerprint density at radius 1 is 0.279 bits per heavy atom. The van der Waals surface area contributed by atoms with Gasteiger partial charge in [0.15, 0.2) is 12.2 Å². The van der Waals surface area contributed by atoms with E-state index in [1.807, 2.05) is 0 Å². The van der Waals surface area contributed by atoms with E-state index in [-0.39, 0.29) is 25.7 Å². The summed E-state index contributed by atoms with van der Waals surface area (Å²) in [5.41, 5.74) is 0. The van der Waals surface area contributed by atoms with Crippen LogP contribution in [0.2, 0.25) is 0 Å². The molecule has 0 saturated carbocycles. The second-order valence-electron chi connectivity index (χ2n) is 31.3. The molecule has 0 aromatic carbocycles. The first-order chi connectivity index (χ1) is 50.4. The van der Waals surface area contributed by atoms with Crippen molar-refractivity contribution in [2.75, 3.05) is 39.6 Å². The molecule has 0 bridgehead atoms. The number of carbonyl (C=O) groups excluding carboxylic acids is 4. The predicted molar refractivity (Wildman–Crippen MR) is 428 cm³/mol. The number of aliphatic hydroxyl groups excluding tert-OH is 1. The van der Waals surface area contributed by atoms with E-state index in [0.29, 0.717) is 25.7 Å². The van der Waals surface area contributed by atoms with Gasteiger partial charge in [-0.25, -0.2) is 9.13 Å². The molecule has 618 valence electrons. The Morgan fingerprint density at radius 2 is 0.490 bits per heavy atom. The summed E-state index contributed by atoms with van der Waals surface area (Å²) in [4.78, 5) is 73.2. The predicted octanol–water partition coefficient (Wildman–Crippen LogP) is 25.8. The molecule has 0 aliphatic rings. The van der Waals surface area contributed by atoms with Crippen molar-refractivity contribution in [3.63, 3.8) is 0 Å². The summed E-state index contributed by atoms with van der Waals surface area (Å²) >= 11 is 0. The van der Waals surface area contributed by atoms with Crippen LogP contribution in [-0.2, 0) is 65.4 Å². The van der Waals surface area contributed by atoms with Gasteiger partial charge in [-0.05, 0) is 37.5 Å². The summed E-state index contributed by atoms with van der Waals surface area (Å²) in [5, 5.41) is 10.7. The highest BCUT2D eigenvalue weighted by Gasteiger charge is 2.30. The van der Waals surface area contributed by atoms with E-state index in [1.165, 1.54) is 270 Å². The van der Waals surface area contributed by atoms with Crippen LogP contribution < -0.4 is 0 Å². The Kier molecular flexibility index (Phi) is 75.0. The van der Waals surface area contributed by atoms with Gasteiger partial charge in [0, 0.05) is 25.7 Å². The molecule has 0 aliphatic heterocycles. The number of aliphatic hydroxyl groups is 1. The van der Waals surface area contributed by atoms with Crippen LogP contribution in [-0.4, -0.2) is 96.7 Å². The van der Waals surface area contributed by atoms with Gasteiger partial charge in [0.2, 0.25) is 0 Å². The lowest BCUT2D eigenvalue weighted by atomic mass is 9.99. The summed E-state index contributed by atoms with van der Waals surface area (Å²) in [6, 6.07) is 0. The quantitative estimate of drug-likeness (QED) is 0.0222. The van der Waals surface area contributed by atoms with Crippen molar-refractivity contribution in [2.45, 2.75) is 471 Å². The number of phosphoric ester groups is 2. The Morgan fingerprint density at radius 3 is 0.731 bits per heavy atom. The molecule has 0 heterocycles. The molecule has 0 radical (unpaired) electrons. The van der Waals surface area contributed by atoms with Crippen LogP contribution in [0.25, 0.3) is 0 Å². The number of carbonyl (C=O) groups is 4. The first-order valence-corrected chi connectivity index (χ1v) is 47.0. The number of ether oxygens (including phenoxy) is 4. The highest BCUT2D eigenvalue weighted by Crippen LogP contribution is 2.45. The van der Waals surface area contributed by atoms with Crippen LogP contribution in [0.3, 0.4) is 0 Å². The van der Waals surface area contributed by atoms with Gasteiger partial charge in [-0.3, -0.25) is 37.3 Å². The number of unbranched alkanes of at least 4 members (excludes halogenated alkanes) is 53. The molecule has 0 spiro atoms. The van der Waals surface area contributed by atoms with Gasteiger partial charge >= 0.3 is 39.5 Å². The van der Waals surface area contributed by atoms with Crippen molar-refractivity contribution in [3.05, 3.63) is 0 Å². The zero-order chi connectivity index (χ0) is 76.4. The average Bonchev–Trinajstić information content (AvgIpc) is 0.923. The van der Waals surface area contributed by atoms with Crippen molar-refractivity contribution in [2.24, 2.45) is 11.8 Å². The van der Waals surface area contributed by atoms with Gasteiger partial charge in [0.25, 0.3) is 0 Å². The van der Waals surface area contributed by atoms with Crippen LogP contribution in [0.15, 0.2) is 0 Å². The molecule has 6 atom stereocenters. The van der Waals surface area contributed by atoms with Crippen LogP contribution in [0, 0.1) is 11.8 Å². The van der Waals surface area contributed by atoms with Crippen molar-refractivity contribution < 1.29 is 80.2 Å². The van der Waals surface area contributed by atoms with Crippen LogP contribution in [0.1, 0.15) is 452 Å². The van der Waals surface area contributed by atoms with E-state index in [1.54, 1.807) is 0 Å². The van der Waals surface area contributed by atoms with Gasteiger partial charge in [0.1, 0.15) is 19.3 Å². The number of rotatable bonds is 84. The zero-order valence-electron chi connectivity index (χ0n) is 68.3. The van der Waals surface area contributed by atoms with Gasteiger partial charge in [-0.1, -0.05) is 401 Å². The van der Waals surface area contributed by atoms with Crippen LogP contribution >= 0.6 is 15.6 Å². The highest BCUT2D eigenvalue weighted by molar-refractivity contribution is 7.47. The van der Waals surface area contributed by atoms with Gasteiger partial charge in [-0.2, -0.15) is 0 Å². The lowest BCUT2D eigenvalue weighted by molar-refractivity contribution is -0.161. The first-order valence-electron chi connectivity index (χ1n) is 44.0. The second-order valence-corrected chi connectivity index (χ2v) is 34.2. The average molecular weight is 1520 g/mol. The number of hydrogen-bond acceptors (Lipinski definition) is 15. The molecule has 0 amide bonds. The van der Waals surface area contributed by atoms with Crippen LogP contribution in [0.4, 0.5) is 0 Å². The molecule has 17 nitrogen and oxygen atoms in total. The molecule has 0 rings (SSSR count). The van der Waals surface area contributed by atoms with E-state index in [9.17, 15) is 43.2 Å². The third-order valence-electron chi connectivity index (χ3n) is 20.3. The smallest absolute Gasteiger partial charge is 0.462 e. The Hall–Kier alpha value is -1.94. The lowest BCUT2D eigenvalue weighted by Gasteiger charge is -2.21. The topological polar surface area (TPSA) is 237 Å². The number of esters is 4. The summed E-state index contributed by atoms with van der Waals surface area (Å²) in [7, 11) is -9.93. The fourth-order valence-electron chi connectivity index (χ4n) is 13.2. The van der Waals surface area contributed by atoms with Crippen molar-refractivity contribution in [1.82, 2.24) is 0 Å². The summed E-state index contributed by atoms with van der Waals surface area (Å²) in [5.74, 6) is -0.526. The van der Waals surface area contributed by atoms with Crippen molar-refractivity contribution in [1.29, 1.82) is 0 Å². The third-order valence-corrected chi connectivity index (χ3v) is 22.2. The van der Waals surface area contributed by atoms with Crippen molar-refractivity contribution >= 4 is 39.5 Å². The van der Waals surface area contributed by atoms with Crippen molar-refractivity contribution in [3.8, 4) is 0 Å². The Balaban J connectivity index is 5.25. The molecule has 0 fully saturated rings. The van der Waals surface area contributed by atoms with Gasteiger partial charge in [0.05, 0.1) is 26.4 Å². The summed E-state index contributed by atoms with van der Waals surface area (Å²) < 4.78 is 68.9. The molecular formula is C85H166O17P2. The second kappa shape index (κ2) is 76.4. The maximum Gasteiger partial charge on any atom is 0.472 e. The summed E-state index contributed by atoms with van der Waals surface area (Å²) in [6.07, 6.45) is 68.0. The fourth-order valence-corrected chi connectivity index (χ4v) is 14.8. The molecule has 0 aromatic rings. The van der Waals surface area contributed by atoms with E-state index < -0.39 is 97.5 Å². The monoisotopic (exact) mass is 1520 g/mol. The third kappa shape index (κ3) is 76.8. The molecule has 3 N–H and O–H groups in total. The molecule has 3 unspecified atom stereocenters. The van der Waals surface area contributed by atoms with E-state index >= 15 is 0 Å². The summed E-state index contributed by atoms with van der Waals surface area (Å²) in [6.45, 7) is 9.69. The van der Waals surface area contributed by atoms with Gasteiger partial charge < -0.3 is 33.8 Å². The largest absolute Gasteiger partial charge is 0.472 e.